The van der Waals surface area contributed by atoms with E-state index in [1.165, 1.54) is 0 Å². The lowest BCUT2D eigenvalue weighted by atomic mass is 10.2. The Labute approximate surface area is 99.8 Å². The zero-order valence-electron chi connectivity index (χ0n) is 10.1. The van der Waals surface area contributed by atoms with Crippen LogP contribution in [0.3, 0.4) is 0 Å². The molecule has 5 heteroatoms. The van der Waals surface area contributed by atoms with E-state index in [1.54, 1.807) is 13.0 Å². The third-order valence-corrected chi connectivity index (χ3v) is 2.35. The predicted molar refractivity (Wildman–Crippen MR) is 62.0 cm³/mol. The molecule has 0 radical (unpaired) electrons. The summed E-state index contributed by atoms with van der Waals surface area (Å²) in [5.74, 6) is -0.0148. The summed E-state index contributed by atoms with van der Waals surface area (Å²) in [6.45, 7) is 4.07. The fourth-order valence-electron chi connectivity index (χ4n) is 1.55. The number of carboxylic acid groups (broad SMARTS) is 1. The van der Waals surface area contributed by atoms with Crippen LogP contribution in [-0.4, -0.2) is 23.5 Å². The van der Waals surface area contributed by atoms with Gasteiger partial charge >= 0.3 is 5.97 Å². The number of carbonyl (C=O) groups excluding carboxylic acids is 1. The minimum Gasteiger partial charge on any atom is -0.481 e. The monoisotopic (exact) mass is 239 g/mol. The molecule has 17 heavy (non-hydrogen) atoms. The summed E-state index contributed by atoms with van der Waals surface area (Å²) in [5, 5.41) is 11.1. The lowest BCUT2D eigenvalue weighted by molar-refractivity contribution is -0.137. The van der Waals surface area contributed by atoms with E-state index in [9.17, 15) is 9.59 Å². The highest BCUT2D eigenvalue weighted by molar-refractivity contribution is 5.92. The van der Waals surface area contributed by atoms with Gasteiger partial charge in [-0.25, -0.2) is 0 Å². The van der Waals surface area contributed by atoms with Crippen LogP contribution in [0.15, 0.2) is 10.5 Å². The van der Waals surface area contributed by atoms with Crippen molar-refractivity contribution in [3.63, 3.8) is 0 Å². The second kappa shape index (κ2) is 6.08. The first-order chi connectivity index (χ1) is 8.00. The molecule has 1 aromatic rings. The van der Waals surface area contributed by atoms with Crippen molar-refractivity contribution in [3.8, 4) is 0 Å². The van der Waals surface area contributed by atoms with Gasteiger partial charge in [-0.2, -0.15) is 0 Å². The summed E-state index contributed by atoms with van der Waals surface area (Å²) in [5.41, 5.74) is 0.811. The van der Waals surface area contributed by atoms with Crippen LogP contribution in [-0.2, 0) is 4.79 Å². The van der Waals surface area contributed by atoms with Crippen LogP contribution in [0, 0.1) is 13.8 Å². The number of hydrogen-bond acceptors (Lipinski definition) is 3. The molecule has 0 saturated carbocycles. The number of carbonyl (C=O) groups is 2. The van der Waals surface area contributed by atoms with Gasteiger partial charge in [0, 0.05) is 18.5 Å². The van der Waals surface area contributed by atoms with Crippen molar-refractivity contribution >= 4 is 11.9 Å². The van der Waals surface area contributed by atoms with E-state index in [2.05, 4.69) is 5.32 Å². The second-order valence-corrected chi connectivity index (χ2v) is 3.98. The Balaban J connectivity index is 2.30. The zero-order chi connectivity index (χ0) is 12.8. The van der Waals surface area contributed by atoms with Crippen molar-refractivity contribution in [2.24, 2.45) is 0 Å². The summed E-state index contributed by atoms with van der Waals surface area (Å²) in [7, 11) is 0. The van der Waals surface area contributed by atoms with Gasteiger partial charge in [0.15, 0.2) is 5.76 Å². The van der Waals surface area contributed by atoms with Gasteiger partial charge < -0.3 is 14.8 Å². The molecule has 0 unspecified atom stereocenters. The predicted octanol–water partition coefficient (Wildman–Crippen LogP) is 1.88. The fraction of sp³-hybridized carbons (Fsp3) is 0.500. The second-order valence-electron chi connectivity index (χ2n) is 3.98. The van der Waals surface area contributed by atoms with Gasteiger partial charge in [-0.15, -0.1) is 0 Å². The van der Waals surface area contributed by atoms with E-state index in [0.717, 1.165) is 5.56 Å². The van der Waals surface area contributed by atoms with Crippen molar-refractivity contribution in [1.29, 1.82) is 0 Å². The minimum atomic E-state index is -0.811. The maximum Gasteiger partial charge on any atom is 0.303 e. The topological polar surface area (TPSA) is 79.5 Å². The molecule has 0 aliphatic heterocycles. The molecule has 0 bridgehead atoms. The van der Waals surface area contributed by atoms with Gasteiger partial charge in [0.1, 0.15) is 5.76 Å². The van der Waals surface area contributed by atoms with Crippen LogP contribution in [0.1, 0.15) is 41.1 Å². The molecule has 1 amide bonds. The molecule has 0 fully saturated rings. The minimum absolute atomic E-state index is 0.134. The third-order valence-electron chi connectivity index (χ3n) is 2.35. The van der Waals surface area contributed by atoms with Crippen LogP contribution in [0.2, 0.25) is 0 Å². The molecule has 0 spiro atoms. The van der Waals surface area contributed by atoms with E-state index in [-0.39, 0.29) is 12.3 Å². The summed E-state index contributed by atoms with van der Waals surface area (Å²) in [4.78, 5) is 21.9. The molecular formula is C12H17NO4. The first-order valence-electron chi connectivity index (χ1n) is 5.57. The summed E-state index contributed by atoms with van der Waals surface area (Å²) in [6, 6.07) is 1.80. The molecule has 1 aromatic heterocycles. The van der Waals surface area contributed by atoms with Crippen LogP contribution in [0.4, 0.5) is 0 Å². The molecule has 2 N–H and O–H groups in total. The number of carboxylic acids is 1. The van der Waals surface area contributed by atoms with Gasteiger partial charge in [-0.05, 0) is 32.8 Å². The van der Waals surface area contributed by atoms with Crippen LogP contribution in [0.25, 0.3) is 0 Å². The molecule has 0 saturated heterocycles. The van der Waals surface area contributed by atoms with E-state index in [4.69, 9.17) is 9.52 Å². The van der Waals surface area contributed by atoms with Crippen molar-refractivity contribution in [1.82, 2.24) is 5.32 Å². The first kappa shape index (κ1) is 13.3. The summed E-state index contributed by atoms with van der Waals surface area (Å²) < 4.78 is 5.27. The van der Waals surface area contributed by atoms with Crippen molar-refractivity contribution in [2.75, 3.05) is 6.54 Å². The molecule has 0 aliphatic carbocycles. The van der Waals surface area contributed by atoms with Gasteiger partial charge in [-0.3, -0.25) is 9.59 Å². The van der Waals surface area contributed by atoms with E-state index < -0.39 is 5.97 Å². The first-order valence-corrected chi connectivity index (χ1v) is 5.57. The molecule has 94 valence electrons. The van der Waals surface area contributed by atoms with Crippen LogP contribution < -0.4 is 5.32 Å². The SMILES string of the molecule is Cc1cc(C)c(C(=O)NCCCCC(=O)O)o1. The number of rotatable bonds is 6. The van der Waals surface area contributed by atoms with E-state index in [1.807, 2.05) is 6.92 Å². The number of nitrogens with one attached hydrogen (secondary N) is 1. The Morgan fingerprint density at radius 2 is 2.06 bits per heavy atom. The zero-order valence-corrected chi connectivity index (χ0v) is 10.1. The van der Waals surface area contributed by atoms with Crippen molar-refractivity contribution < 1.29 is 19.1 Å². The molecule has 1 heterocycles. The molecule has 1 rings (SSSR count). The Hall–Kier alpha value is -1.78. The highest BCUT2D eigenvalue weighted by Crippen LogP contribution is 2.13. The Morgan fingerprint density at radius 1 is 1.35 bits per heavy atom. The quantitative estimate of drug-likeness (QED) is 0.743. The highest BCUT2D eigenvalue weighted by atomic mass is 16.4. The van der Waals surface area contributed by atoms with Crippen LogP contribution in [0.5, 0.6) is 0 Å². The number of amides is 1. The standard InChI is InChI=1S/C12H17NO4/c1-8-7-9(2)17-11(8)12(16)13-6-4-3-5-10(14)15/h7H,3-6H2,1-2H3,(H,13,16)(H,14,15). The average Bonchev–Trinajstić information content (AvgIpc) is 2.56. The number of aliphatic carboxylic acids is 1. The Kier molecular flexibility index (Phi) is 4.75. The fourth-order valence-corrected chi connectivity index (χ4v) is 1.55. The maximum absolute atomic E-state index is 11.7. The lowest BCUT2D eigenvalue weighted by Crippen LogP contribution is -2.24. The number of hydrogen-bond donors (Lipinski definition) is 2. The third kappa shape index (κ3) is 4.30. The van der Waals surface area contributed by atoms with Gasteiger partial charge in [0.25, 0.3) is 5.91 Å². The average molecular weight is 239 g/mol. The van der Waals surface area contributed by atoms with E-state index >= 15 is 0 Å². The van der Waals surface area contributed by atoms with E-state index in [0.29, 0.717) is 30.9 Å². The van der Waals surface area contributed by atoms with Gasteiger partial charge in [0.05, 0.1) is 0 Å². The smallest absolute Gasteiger partial charge is 0.303 e. The van der Waals surface area contributed by atoms with Crippen LogP contribution >= 0.6 is 0 Å². The Morgan fingerprint density at radius 3 is 2.59 bits per heavy atom. The maximum atomic E-state index is 11.7. The molecule has 0 atom stereocenters. The highest BCUT2D eigenvalue weighted by Gasteiger charge is 2.13. The van der Waals surface area contributed by atoms with Gasteiger partial charge in [0.2, 0.25) is 0 Å². The van der Waals surface area contributed by atoms with Crippen molar-refractivity contribution in [3.05, 3.63) is 23.2 Å². The largest absolute Gasteiger partial charge is 0.481 e. The number of aryl methyl sites for hydroxylation is 2. The number of furan rings is 1. The summed E-state index contributed by atoms with van der Waals surface area (Å²) >= 11 is 0. The molecule has 0 aliphatic rings. The lowest BCUT2D eigenvalue weighted by Gasteiger charge is -2.02. The van der Waals surface area contributed by atoms with Crippen molar-refractivity contribution in [2.45, 2.75) is 33.1 Å². The molecule has 5 nitrogen and oxygen atoms in total. The summed E-state index contributed by atoms with van der Waals surface area (Å²) in [6.07, 6.45) is 1.34. The number of unbranched alkanes of at least 4 members (excludes halogenated alkanes) is 1. The van der Waals surface area contributed by atoms with Gasteiger partial charge in [-0.1, -0.05) is 0 Å². The normalized spacial score (nSPS) is 10.2. The Bertz CT molecular complexity index is 409. The molecular weight excluding hydrogens is 222 g/mol. The molecule has 0 aromatic carbocycles.